The van der Waals surface area contributed by atoms with Gasteiger partial charge in [-0.05, 0) is 25.5 Å². The van der Waals surface area contributed by atoms with Gasteiger partial charge >= 0.3 is 5.97 Å². The standard InChI is InChI=1S/C16H20N4O3/c1-3-9-16(2,15(22)23)18-14(21)10-12-11-17-20(19-12)13-7-5-4-6-8-13/h4-8,11H,3,9-10H2,1-2H3,(H,18,21)(H,22,23)/t16-/m0/s1. The van der Waals surface area contributed by atoms with E-state index in [1.807, 2.05) is 37.3 Å². The molecule has 7 nitrogen and oxygen atoms in total. The van der Waals surface area contributed by atoms with E-state index in [4.69, 9.17) is 0 Å². The summed E-state index contributed by atoms with van der Waals surface area (Å²) in [5.74, 6) is -1.43. The first kappa shape index (κ1) is 16.7. The molecule has 2 N–H and O–H groups in total. The summed E-state index contributed by atoms with van der Waals surface area (Å²) in [5.41, 5.74) is 0.0115. The molecule has 1 amide bonds. The smallest absolute Gasteiger partial charge is 0.329 e. The maximum Gasteiger partial charge on any atom is 0.329 e. The summed E-state index contributed by atoms with van der Waals surface area (Å²) >= 11 is 0. The topological polar surface area (TPSA) is 97.1 Å². The zero-order valence-electron chi connectivity index (χ0n) is 13.2. The number of nitrogens with zero attached hydrogens (tertiary/aromatic N) is 3. The van der Waals surface area contributed by atoms with Gasteiger partial charge in [-0.2, -0.15) is 15.0 Å². The number of aliphatic carboxylic acids is 1. The van der Waals surface area contributed by atoms with Crippen LogP contribution in [0.25, 0.3) is 5.69 Å². The molecule has 1 aromatic carbocycles. The molecule has 1 atom stereocenters. The molecule has 0 saturated heterocycles. The number of carbonyl (C=O) groups excluding carboxylic acids is 1. The fourth-order valence-corrected chi connectivity index (χ4v) is 2.30. The van der Waals surface area contributed by atoms with Crippen molar-refractivity contribution >= 4 is 11.9 Å². The lowest BCUT2D eigenvalue weighted by atomic mass is 9.96. The third-order valence-electron chi connectivity index (χ3n) is 3.51. The van der Waals surface area contributed by atoms with E-state index >= 15 is 0 Å². The summed E-state index contributed by atoms with van der Waals surface area (Å²) in [5, 5.41) is 20.2. The molecule has 0 spiro atoms. The van der Waals surface area contributed by atoms with Gasteiger partial charge in [-0.25, -0.2) is 4.79 Å². The maximum atomic E-state index is 12.1. The van der Waals surface area contributed by atoms with E-state index in [1.54, 1.807) is 0 Å². The molecule has 0 aliphatic carbocycles. The quantitative estimate of drug-likeness (QED) is 0.808. The molecular weight excluding hydrogens is 296 g/mol. The Morgan fingerprint density at radius 2 is 2.00 bits per heavy atom. The number of benzene rings is 1. The second-order valence-electron chi connectivity index (χ2n) is 5.57. The van der Waals surface area contributed by atoms with Crippen LogP contribution in [0.4, 0.5) is 0 Å². The van der Waals surface area contributed by atoms with Gasteiger partial charge in [0.15, 0.2) is 0 Å². The summed E-state index contributed by atoms with van der Waals surface area (Å²) < 4.78 is 0. The molecular formula is C16H20N4O3. The van der Waals surface area contributed by atoms with Crippen molar-refractivity contribution in [2.24, 2.45) is 0 Å². The molecule has 7 heteroatoms. The van der Waals surface area contributed by atoms with Crippen LogP contribution in [-0.2, 0) is 16.0 Å². The lowest BCUT2D eigenvalue weighted by Crippen LogP contribution is -2.52. The van der Waals surface area contributed by atoms with E-state index in [2.05, 4.69) is 15.5 Å². The first-order chi connectivity index (χ1) is 10.9. The summed E-state index contributed by atoms with van der Waals surface area (Å²) in [4.78, 5) is 24.9. The summed E-state index contributed by atoms with van der Waals surface area (Å²) in [6.45, 7) is 3.39. The lowest BCUT2D eigenvalue weighted by Gasteiger charge is -2.25. The Bertz CT molecular complexity index is 684. The third kappa shape index (κ3) is 4.15. The number of aromatic nitrogens is 3. The van der Waals surface area contributed by atoms with Crippen LogP contribution in [-0.4, -0.2) is 37.5 Å². The van der Waals surface area contributed by atoms with Crippen molar-refractivity contribution in [1.29, 1.82) is 0 Å². The highest BCUT2D eigenvalue weighted by molar-refractivity contribution is 5.87. The molecule has 0 saturated carbocycles. The Labute approximate surface area is 134 Å². The minimum atomic E-state index is -1.26. The second kappa shape index (κ2) is 7.04. The van der Waals surface area contributed by atoms with Crippen LogP contribution in [0.2, 0.25) is 0 Å². The van der Waals surface area contributed by atoms with Crippen LogP contribution in [0.3, 0.4) is 0 Å². The van der Waals surface area contributed by atoms with Crippen molar-refractivity contribution in [2.75, 3.05) is 0 Å². The first-order valence-corrected chi connectivity index (χ1v) is 7.45. The Hall–Kier alpha value is -2.70. The number of carbonyl (C=O) groups is 2. The number of hydrogen-bond acceptors (Lipinski definition) is 4. The van der Waals surface area contributed by atoms with Gasteiger partial charge in [-0.15, -0.1) is 0 Å². The normalized spacial score (nSPS) is 13.3. The number of rotatable bonds is 7. The fraction of sp³-hybridized carbons (Fsp3) is 0.375. The summed E-state index contributed by atoms with van der Waals surface area (Å²) in [7, 11) is 0. The van der Waals surface area contributed by atoms with E-state index in [0.717, 1.165) is 5.69 Å². The number of para-hydroxylation sites is 1. The van der Waals surface area contributed by atoms with Crippen LogP contribution in [0.5, 0.6) is 0 Å². The Balaban J connectivity index is 2.04. The van der Waals surface area contributed by atoms with E-state index < -0.39 is 11.5 Å². The number of nitrogens with one attached hydrogen (secondary N) is 1. The van der Waals surface area contributed by atoms with Crippen molar-refractivity contribution in [2.45, 2.75) is 38.6 Å². The van der Waals surface area contributed by atoms with E-state index in [1.165, 1.54) is 17.9 Å². The predicted molar refractivity (Wildman–Crippen MR) is 84.2 cm³/mol. The highest BCUT2D eigenvalue weighted by Gasteiger charge is 2.33. The van der Waals surface area contributed by atoms with Crippen molar-refractivity contribution in [3.05, 3.63) is 42.2 Å². The number of hydrogen-bond donors (Lipinski definition) is 2. The molecule has 0 unspecified atom stereocenters. The van der Waals surface area contributed by atoms with Gasteiger partial charge in [-0.1, -0.05) is 31.5 Å². The summed E-state index contributed by atoms with van der Waals surface area (Å²) in [6.07, 6.45) is 2.52. The number of amides is 1. The monoisotopic (exact) mass is 316 g/mol. The van der Waals surface area contributed by atoms with Crippen LogP contribution in [0.1, 0.15) is 32.4 Å². The fourth-order valence-electron chi connectivity index (χ4n) is 2.30. The second-order valence-corrected chi connectivity index (χ2v) is 5.57. The van der Waals surface area contributed by atoms with Gasteiger partial charge in [0.25, 0.3) is 0 Å². The third-order valence-corrected chi connectivity index (χ3v) is 3.51. The van der Waals surface area contributed by atoms with Crippen LogP contribution < -0.4 is 5.32 Å². The SMILES string of the molecule is CCC[C@](C)(NC(=O)Cc1cnn(-c2ccccc2)n1)C(=O)O. The summed E-state index contributed by atoms with van der Waals surface area (Å²) in [6, 6.07) is 9.34. The highest BCUT2D eigenvalue weighted by atomic mass is 16.4. The molecule has 1 aromatic heterocycles. The molecule has 0 aliphatic rings. The van der Waals surface area contributed by atoms with Gasteiger partial charge in [0.1, 0.15) is 5.54 Å². The van der Waals surface area contributed by atoms with Gasteiger partial charge in [-0.3, -0.25) is 4.79 Å². The Kier molecular flexibility index (Phi) is 5.10. The zero-order chi connectivity index (χ0) is 16.9. The van der Waals surface area contributed by atoms with E-state index in [0.29, 0.717) is 18.5 Å². The molecule has 0 aliphatic heterocycles. The molecule has 0 fully saturated rings. The van der Waals surface area contributed by atoms with Crippen LogP contribution >= 0.6 is 0 Å². The molecule has 23 heavy (non-hydrogen) atoms. The average molecular weight is 316 g/mol. The molecule has 122 valence electrons. The van der Waals surface area contributed by atoms with Crippen molar-refractivity contribution < 1.29 is 14.7 Å². The van der Waals surface area contributed by atoms with Crippen molar-refractivity contribution in [3.63, 3.8) is 0 Å². The highest BCUT2D eigenvalue weighted by Crippen LogP contribution is 2.13. The van der Waals surface area contributed by atoms with Crippen LogP contribution in [0, 0.1) is 0 Å². The average Bonchev–Trinajstić information content (AvgIpc) is 2.96. The molecule has 0 radical (unpaired) electrons. The molecule has 2 rings (SSSR count). The van der Waals surface area contributed by atoms with Crippen molar-refractivity contribution in [1.82, 2.24) is 20.3 Å². The van der Waals surface area contributed by atoms with Gasteiger partial charge in [0.05, 0.1) is 24.0 Å². The van der Waals surface area contributed by atoms with E-state index in [9.17, 15) is 14.7 Å². The first-order valence-electron chi connectivity index (χ1n) is 7.45. The lowest BCUT2D eigenvalue weighted by molar-refractivity contribution is -0.147. The van der Waals surface area contributed by atoms with Crippen molar-refractivity contribution in [3.8, 4) is 5.69 Å². The minimum absolute atomic E-state index is 0.0145. The minimum Gasteiger partial charge on any atom is -0.480 e. The molecule has 1 heterocycles. The number of carboxylic acids is 1. The van der Waals surface area contributed by atoms with Gasteiger partial charge in [0.2, 0.25) is 5.91 Å². The zero-order valence-corrected chi connectivity index (χ0v) is 13.2. The molecule has 0 bridgehead atoms. The number of carboxylic acid groups (broad SMARTS) is 1. The van der Waals surface area contributed by atoms with Gasteiger partial charge in [0, 0.05) is 0 Å². The van der Waals surface area contributed by atoms with Crippen LogP contribution in [0.15, 0.2) is 36.5 Å². The van der Waals surface area contributed by atoms with Gasteiger partial charge < -0.3 is 10.4 Å². The predicted octanol–water partition coefficient (Wildman–Crippen LogP) is 1.57. The largest absolute Gasteiger partial charge is 0.480 e. The maximum absolute atomic E-state index is 12.1. The Morgan fingerprint density at radius 1 is 1.30 bits per heavy atom. The van der Waals surface area contributed by atoms with E-state index in [-0.39, 0.29) is 12.3 Å². The Morgan fingerprint density at radius 3 is 2.61 bits per heavy atom. The molecule has 2 aromatic rings.